The predicted molar refractivity (Wildman–Crippen MR) is 75.0 cm³/mol. The number of carbonyl (C=O) groups is 1. The number of aryl methyl sites for hydroxylation is 2. The highest BCUT2D eigenvalue weighted by atomic mass is 19.3. The quantitative estimate of drug-likeness (QED) is 0.855. The molecular formula is C14H16F2N4O2. The van der Waals surface area contributed by atoms with E-state index >= 15 is 0 Å². The molecular weight excluding hydrogens is 294 g/mol. The fourth-order valence-corrected chi connectivity index (χ4v) is 1.92. The number of ether oxygens (including phenoxy) is 1. The molecule has 0 aliphatic carbocycles. The molecule has 0 aliphatic heterocycles. The number of aromatic nitrogens is 3. The zero-order valence-corrected chi connectivity index (χ0v) is 12.2. The first-order valence-electron chi connectivity index (χ1n) is 6.63. The Bertz CT molecular complexity index is 639. The van der Waals surface area contributed by atoms with E-state index < -0.39 is 18.9 Å². The van der Waals surface area contributed by atoms with Gasteiger partial charge in [-0.25, -0.2) is 13.8 Å². The number of H-pyrrole nitrogens is 1. The summed E-state index contributed by atoms with van der Waals surface area (Å²) in [6.07, 6.45) is -1.25. The lowest BCUT2D eigenvalue weighted by molar-refractivity contribution is 0.0772. The van der Waals surface area contributed by atoms with Crippen LogP contribution >= 0.6 is 0 Å². The number of aromatic amines is 1. The first-order chi connectivity index (χ1) is 10.5. The molecule has 22 heavy (non-hydrogen) atoms. The van der Waals surface area contributed by atoms with Crippen molar-refractivity contribution in [2.45, 2.75) is 26.8 Å². The first-order valence-corrected chi connectivity index (χ1v) is 6.63. The molecule has 2 heterocycles. The Balaban J connectivity index is 2.06. The summed E-state index contributed by atoms with van der Waals surface area (Å²) >= 11 is 0. The van der Waals surface area contributed by atoms with Crippen molar-refractivity contribution in [2.24, 2.45) is 0 Å². The number of nitrogens with one attached hydrogen (secondary N) is 2. The highest BCUT2D eigenvalue weighted by Crippen LogP contribution is 2.16. The van der Waals surface area contributed by atoms with Gasteiger partial charge in [-0.15, -0.1) is 0 Å². The topological polar surface area (TPSA) is 79.9 Å². The summed E-state index contributed by atoms with van der Waals surface area (Å²) in [5.41, 5.74) is 2.64. The van der Waals surface area contributed by atoms with Crippen LogP contribution in [-0.4, -0.2) is 34.1 Å². The lowest BCUT2D eigenvalue weighted by atomic mass is 10.2. The number of amides is 1. The van der Waals surface area contributed by atoms with E-state index in [-0.39, 0.29) is 18.0 Å². The molecule has 0 aliphatic rings. The minimum absolute atomic E-state index is 0.110. The maximum Gasteiger partial charge on any atom is 0.272 e. The minimum Gasteiger partial charge on any atom is -0.471 e. The van der Waals surface area contributed by atoms with Crippen molar-refractivity contribution >= 4 is 5.91 Å². The van der Waals surface area contributed by atoms with Crippen LogP contribution in [-0.2, 0) is 6.54 Å². The van der Waals surface area contributed by atoms with E-state index in [0.717, 1.165) is 17.0 Å². The Hall–Kier alpha value is -2.51. The summed E-state index contributed by atoms with van der Waals surface area (Å²) in [5.74, 6) is -0.557. The van der Waals surface area contributed by atoms with Gasteiger partial charge in [0.15, 0.2) is 6.61 Å². The molecule has 6 nitrogen and oxygen atoms in total. The Kier molecular flexibility index (Phi) is 5.03. The SMILES string of the molecule is Cc1n[nH]c(C)c1CNC(=O)c1cccnc1OCC(F)F. The van der Waals surface area contributed by atoms with Crippen LogP contribution in [0, 0.1) is 13.8 Å². The van der Waals surface area contributed by atoms with E-state index in [0.29, 0.717) is 0 Å². The monoisotopic (exact) mass is 310 g/mol. The van der Waals surface area contributed by atoms with Crippen molar-refractivity contribution in [3.8, 4) is 5.88 Å². The van der Waals surface area contributed by atoms with Gasteiger partial charge in [0.25, 0.3) is 12.3 Å². The van der Waals surface area contributed by atoms with Crippen LogP contribution in [0.1, 0.15) is 27.3 Å². The van der Waals surface area contributed by atoms with E-state index in [9.17, 15) is 13.6 Å². The van der Waals surface area contributed by atoms with E-state index in [1.807, 2.05) is 13.8 Å². The van der Waals surface area contributed by atoms with Crippen LogP contribution in [0.4, 0.5) is 8.78 Å². The van der Waals surface area contributed by atoms with Gasteiger partial charge in [-0.05, 0) is 26.0 Å². The molecule has 2 aromatic rings. The van der Waals surface area contributed by atoms with Crippen molar-refractivity contribution in [2.75, 3.05) is 6.61 Å². The summed E-state index contributed by atoms with van der Waals surface area (Å²) in [5, 5.41) is 9.56. The molecule has 2 N–H and O–H groups in total. The van der Waals surface area contributed by atoms with Crippen LogP contribution in [0.2, 0.25) is 0 Å². The summed E-state index contributed by atoms with van der Waals surface area (Å²) in [7, 11) is 0. The van der Waals surface area contributed by atoms with Crippen molar-refractivity contribution in [1.82, 2.24) is 20.5 Å². The van der Waals surface area contributed by atoms with Crippen molar-refractivity contribution in [3.63, 3.8) is 0 Å². The van der Waals surface area contributed by atoms with Gasteiger partial charge >= 0.3 is 0 Å². The number of hydrogen-bond donors (Lipinski definition) is 2. The second kappa shape index (κ2) is 6.97. The van der Waals surface area contributed by atoms with Crippen molar-refractivity contribution in [1.29, 1.82) is 0 Å². The smallest absolute Gasteiger partial charge is 0.272 e. The lowest BCUT2D eigenvalue weighted by Gasteiger charge is -2.10. The van der Waals surface area contributed by atoms with Crippen LogP contribution in [0.3, 0.4) is 0 Å². The normalized spacial score (nSPS) is 10.8. The Morgan fingerprint density at radius 1 is 1.45 bits per heavy atom. The van der Waals surface area contributed by atoms with Gasteiger partial charge in [0.2, 0.25) is 5.88 Å². The fourth-order valence-electron chi connectivity index (χ4n) is 1.92. The van der Waals surface area contributed by atoms with Crippen LogP contribution in [0.15, 0.2) is 18.3 Å². The zero-order valence-electron chi connectivity index (χ0n) is 12.2. The Morgan fingerprint density at radius 2 is 2.23 bits per heavy atom. The molecule has 0 saturated carbocycles. The van der Waals surface area contributed by atoms with Crippen LogP contribution < -0.4 is 10.1 Å². The third-order valence-electron chi connectivity index (χ3n) is 3.07. The molecule has 0 atom stereocenters. The minimum atomic E-state index is -2.63. The van der Waals surface area contributed by atoms with E-state index in [1.54, 1.807) is 6.07 Å². The molecule has 2 rings (SSSR count). The maximum absolute atomic E-state index is 12.2. The standard InChI is InChI=1S/C14H16F2N4O2/c1-8-11(9(2)20-19-8)6-18-13(21)10-4-3-5-17-14(10)22-7-12(15)16/h3-5,12H,6-7H2,1-2H3,(H,18,21)(H,19,20). The molecule has 0 fully saturated rings. The third-order valence-corrected chi connectivity index (χ3v) is 3.07. The number of rotatable bonds is 6. The van der Waals surface area contributed by atoms with Crippen LogP contribution in [0.5, 0.6) is 5.88 Å². The summed E-state index contributed by atoms with van der Waals surface area (Å²) < 4.78 is 29.3. The molecule has 0 unspecified atom stereocenters. The molecule has 0 spiro atoms. The van der Waals surface area contributed by atoms with Crippen molar-refractivity contribution < 1.29 is 18.3 Å². The first kappa shape index (κ1) is 15.9. The largest absolute Gasteiger partial charge is 0.471 e. The lowest BCUT2D eigenvalue weighted by Crippen LogP contribution is -2.24. The molecule has 2 aromatic heterocycles. The second-order valence-electron chi connectivity index (χ2n) is 4.65. The highest BCUT2D eigenvalue weighted by molar-refractivity contribution is 5.96. The molecule has 0 aromatic carbocycles. The van der Waals surface area contributed by atoms with Gasteiger partial charge < -0.3 is 10.1 Å². The predicted octanol–water partition coefficient (Wildman–Crippen LogP) is 2.00. The summed E-state index contributed by atoms with van der Waals surface area (Å²) in [6.45, 7) is 3.14. The van der Waals surface area contributed by atoms with E-state index in [2.05, 4.69) is 20.5 Å². The molecule has 0 bridgehead atoms. The molecule has 118 valence electrons. The summed E-state index contributed by atoms with van der Waals surface area (Å²) in [4.78, 5) is 16.0. The Morgan fingerprint density at radius 3 is 2.86 bits per heavy atom. The molecule has 1 amide bonds. The van der Waals surface area contributed by atoms with Crippen molar-refractivity contribution in [3.05, 3.63) is 40.8 Å². The maximum atomic E-state index is 12.2. The van der Waals surface area contributed by atoms with E-state index in [1.165, 1.54) is 12.3 Å². The molecule has 0 radical (unpaired) electrons. The van der Waals surface area contributed by atoms with Gasteiger partial charge in [-0.2, -0.15) is 5.10 Å². The number of hydrogen-bond acceptors (Lipinski definition) is 4. The van der Waals surface area contributed by atoms with E-state index in [4.69, 9.17) is 4.74 Å². The average molecular weight is 310 g/mol. The highest BCUT2D eigenvalue weighted by Gasteiger charge is 2.16. The van der Waals surface area contributed by atoms with Gasteiger partial charge in [-0.3, -0.25) is 9.89 Å². The number of alkyl halides is 2. The van der Waals surface area contributed by atoms with Gasteiger partial charge in [-0.1, -0.05) is 0 Å². The van der Waals surface area contributed by atoms with Gasteiger partial charge in [0.05, 0.1) is 5.69 Å². The number of nitrogens with zero attached hydrogens (tertiary/aromatic N) is 2. The third kappa shape index (κ3) is 3.78. The number of halogens is 2. The summed E-state index contributed by atoms with van der Waals surface area (Å²) in [6, 6.07) is 3.01. The van der Waals surface area contributed by atoms with Gasteiger partial charge in [0, 0.05) is 24.0 Å². The molecule has 8 heteroatoms. The Labute approximate surface area is 125 Å². The molecule has 0 saturated heterocycles. The fraction of sp³-hybridized carbons (Fsp3) is 0.357. The number of carbonyl (C=O) groups excluding carboxylic acids is 1. The van der Waals surface area contributed by atoms with Gasteiger partial charge in [0.1, 0.15) is 5.56 Å². The average Bonchev–Trinajstić information content (AvgIpc) is 2.82. The number of pyridine rings is 1. The van der Waals surface area contributed by atoms with Crippen LogP contribution in [0.25, 0.3) is 0 Å². The second-order valence-corrected chi connectivity index (χ2v) is 4.65. The zero-order chi connectivity index (χ0) is 16.1.